The first-order valence-electron chi connectivity index (χ1n) is 6.89. The maximum atomic E-state index is 3.61. The summed E-state index contributed by atoms with van der Waals surface area (Å²) in [5.74, 6) is 2.89. The van der Waals surface area contributed by atoms with Crippen LogP contribution in [-0.2, 0) is 0 Å². The molecule has 1 nitrogen and oxygen atoms in total. The average molecular weight is 209 g/mol. The van der Waals surface area contributed by atoms with E-state index in [9.17, 15) is 0 Å². The van der Waals surface area contributed by atoms with E-state index in [1.54, 1.807) is 0 Å². The van der Waals surface area contributed by atoms with E-state index in [1.807, 2.05) is 0 Å². The summed E-state index contributed by atoms with van der Waals surface area (Å²) >= 11 is 0. The summed E-state index contributed by atoms with van der Waals surface area (Å²) in [6.45, 7) is 9.72. The number of piperidine rings is 1. The van der Waals surface area contributed by atoms with Crippen LogP contribution in [0.5, 0.6) is 0 Å². The fourth-order valence-electron chi connectivity index (χ4n) is 3.84. The van der Waals surface area contributed by atoms with Gasteiger partial charge in [0.25, 0.3) is 0 Å². The molecule has 1 heterocycles. The van der Waals surface area contributed by atoms with Crippen LogP contribution in [0.4, 0.5) is 0 Å². The van der Waals surface area contributed by atoms with E-state index in [2.05, 4.69) is 26.1 Å². The van der Waals surface area contributed by atoms with E-state index in [-0.39, 0.29) is 0 Å². The molecular formula is C14H27N. The largest absolute Gasteiger partial charge is 0.316 e. The van der Waals surface area contributed by atoms with E-state index in [0.29, 0.717) is 0 Å². The van der Waals surface area contributed by atoms with Crippen LogP contribution >= 0.6 is 0 Å². The Labute approximate surface area is 95.0 Å². The van der Waals surface area contributed by atoms with Gasteiger partial charge in [0.05, 0.1) is 0 Å². The molecule has 1 saturated carbocycles. The Bertz CT molecular complexity index is 207. The summed E-state index contributed by atoms with van der Waals surface area (Å²) in [5, 5.41) is 3.61. The van der Waals surface area contributed by atoms with Crippen molar-refractivity contribution in [1.82, 2.24) is 5.32 Å². The van der Waals surface area contributed by atoms with Crippen molar-refractivity contribution in [1.29, 1.82) is 0 Å². The molecule has 1 saturated heterocycles. The van der Waals surface area contributed by atoms with Gasteiger partial charge in [0.1, 0.15) is 0 Å². The van der Waals surface area contributed by atoms with Crippen LogP contribution in [0.3, 0.4) is 0 Å². The summed E-state index contributed by atoms with van der Waals surface area (Å²) in [5.41, 5.74) is 0.718. The molecule has 2 unspecified atom stereocenters. The van der Waals surface area contributed by atoms with Gasteiger partial charge >= 0.3 is 0 Å². The highest BCUT2D eigenvalue weighted by atomic mass is 14.9. The Kier molecular flexibility index (Phi) is 3.39. The summed E-state index contributed by atoms with van der Waals surface area (Å²) < 4.78 is 0. The first-order chi connectivity index (χ1) is 7.19. The van der Waals surface area contributed by atoms with Crippen LogP contribution in [0.1, 0.15) is 52.9 Å². The molecule has 2 aliphatic rings. The van der Waals surface area contributed by atoms with Crippen molar-refractivity contribution in [2.45, 2.75) is 52.9 Å². The van der Waals surface area contributed by atoms with Crippen molar-refractivity contribution >= 4 is 0 Å². The van der Waals surface area contributed by atoms with Crippen LogP contribution in [-0.4, -0.2) is 13.1 Å². The molecule has 1 N–H and O–H groups in total. The van der Waals surface area contributed by atoms with Gasteiger partial charge in [0.15, 0.2) is 0 Å². The Balaban J connectivity index is 2.08. The standard InChI is InChI=1S/C14H27N/c1-4-14(12-5-6-12)7-8-15-10-13(14)9-11(2)3/h11-13,15H,4-10H2,1-3H3. The Morgan fingerprint density at radius 1 is 1.33 bits per heavy atom. The van der Waals surface area contributed by atoms with Gasteiger partial charge in [0, 0.05) is 0 Å². The molecular weight excluding hydrogens is 182 g/mol. The predicted molar refractivity (Wildman–Crippen MR) is 65.9 cm³/mol. The van der Waals surface area contributed by atoms with Crippen molar-refractivity contribution in [3.8, 4) is 0 Å². The van der Waals surface area contributed by atoms with Gasteiger partial charge in [-0.2, -0.15) is 0 Å². The van der Waals surface area contributed by atoms with Crippen LogP contribution in [0, 0.1) is 23.2 Å². The number of hydrogen-bond acceptors (Lipinski definition) is 1. The minimum absolute atomic E-state index is 0.718. The Hall–Kier alpha value is -0.0400. The minimum atomic E-state index is 0.718. The van der Waals surface area contributed by atoms with Gasteiger partial charge < -0.3 is 5.32 Å². The molecule has 1 aliphatic carbocycles. The lowest BCUT2D eigenvalue weighted by Crippen LogP contribution is -2.46. The van der Waals surface area contributed by atoms with Gasteiger partial charge in [-0.25, -0.2) is 0 Å². The van der Waals surface area contributed by atoms with Crippen LogP contribution in [0.15, 0.2) is 0 Å². The van der Waals surface area contributed by atoms with E-state index in [1.165, 1.54) is 45.2 Å². The van der Waals surface area contributed by atoms with E-state index < -0.39 is 0 Å². The monoisotopic (exact) mass is 209 g/mol. The van der Waals surface area contributed by atoms with Gasteiger partial charge in [-0.1, -0.05) is 20.8 Å². The number of rotatable bonds is 4. The van der Waals surface area contributed by atoms with E-state index in [4.69, 9.17) is 0 Å². The summed E-state index contributed by atoms with van der Waals surface area (Å²) in [6, 6.07) is 0. The second-order valence-corrected chi connectivity index (χ2v) is 6.14. The molecule has 2 atom stereocenters. The quantitative estimate of drug-likeness (QED) is 0.748. The van der Waals surface area contributed by atoms with Crippen LogP contribution in [0.2, 0.25) is 0 Å². The van der Waals surface area contributed by atoms with Gasteiger partial charge in [0.2, 0.25) is 0 Å². The molecule has 88 valence electrons. The molecule has 15 heavy (non-hydrogen) atoms. The third-order valence-corrected chi connectivity index (χ3v) is 4.78. The number of hydrogen-bond donors (Lipinski definition) is 1. The fraction of sp³-hybridized carbons (Fsp3) is 1.00. The smallest absolute Gasteiger partial charge is 0.00150 e. The Morgan fingerprint density at radius 2 is 2.07 bits per heavy atom. The highest BCUT2D eigenvalue weighted by molar-refractivity contribution is 5.00. The van der Waals surface area contributed by atoms with Crippen molar-refractivity contribution in [3.63, 3.8) is 0 Å². The molecule has 2 rings (SSSR count). The summed E-state index contributed by atoms with van der Waals surface area (Å²) in [6.07, 6.45) is 7.31. The normalized spacial score (nSPS) is 37.2. The first kappa shape index (κ1) is 11.4. The van der Waals surface area contributed by atoms with Gasteiger partial charge in [-0.3, -0.25) is 0 Å². The maximum Gasteiger partial charge on any atom is -0.00150 e. The molecule has 0 radical (unpaired) electrons. The average Bonchev–Trinajstić information content (AvgIpc) is 3.02. The molecule has 0 bridgehead atoms. The molecule has 0 aromatic carbocycles. The van der Waals surface area contributed by atoms with Crippen molar-refractivity contribution in [2.24, 2.45) is 23.2 Å². The van der Waals surface area contributed by atoms with Crippen molar-refractivity contribution in [2.75, 3.05) is 13.1 Å². The second-order valence-electron chi connectivity index (χ2n) is 6.14. The zero-order valence-corrected chi connectivity index (χ0v) is 10.7. The molecule has 0 amide bonds. The van der Waals surface area contributed by atoms with Gasteiger partial charge in [-0.15, -0.1) is 0 Å². The Morgan fingerprint density at radius 3 is 2.60 bits per heavy atom. The van der Waals surface area contributed by atoms with Gasteiger partial charge in [-0.05, 0) is 68.4 Å². The molecule has 0 aromatic heterocycles. The fourth-order valence-corrected chi connectivity index (χ4v) is 3.84. The maximum absolute atomic E-state index is 3.61. The topological polar surface area (TPSA) is 12.0 Å². The zero-order valence-electron chi connectivity index (χ0n) is 10.7. The third-order valence-electron chi connectivity index (χ3n) is 4.78. The van der Waals surface area contributed by atoms with Crippen LogP contribution < -0.4 is 5.32 Å². The first-order valence-corrected chi connectivity index (χ1v) is 6.89. The molecule has 0 aromatic rings. The molecule has 1 aliphatic heterocycles. The third kappa shape index (κ3) is 2.22. The summed E-state index contributed by atoms with van der Waals surface area (Å²) in [4.78, 5) is 0. The molecule has 2 fully saturated rings. The second kappa shape index (κ2) is 4.45. The lowest BCUT2D eigenvalue weighted by Gasteiger charge is -2.45. The van der Waals surface area contributed by atoms with E-state index in [0.717, 1.165) is 23.2 Å². The zero-order chi connectivity index (χ0) is 10.9. The lowest BCUT2D eigenvalue weighted by atomic mass is 9.63. The lowest BCUT2D eigenvalue weighted by molar-refractivity contribution is 0.0589. The van der Waals surface area contributed by atoms with Crippen molar-refractivity contribution < 1.29 is 0 Å². The number of nitrogens with one attached hydrogen (secondary N) is 1. The predicted octanol–water partition coefficient (Wildman–Crippen LogP) is 3.45. The van der Waals surface area contributed by atoms with Crippen LogP contribution in [0.25, 0.3) is 0 Å². The molecule has 1 heteroatoms. The van der Waals surface area contributed by atoms with Crippen molar-refractivity contribution in [3.05, 3.63) is 0 Å². The SMILES string of the molecule is CCC1(C2CC2)CCNCC1CC(C)C. The highest BCUT2D eigenvalue weighted by Crippen LogP contribution is 2.56. The van der Waals surface area contributed by atoms with E-state index >= 15 is 0 Å². The summed E-state index contributed by atoms with van der Waals surface area (Å²) in [7, 11) is 0. The highest BCUT2D eigenvalue weighted by Gasteiger charge is 2.49. The molecule has 0 spiro atoms. The minimum Gasteiger partial charge on any atom is -0.316 e.